The van der Waals surface area contributed by atoms with E-state index in [2.05, 4.69) is 20.3 Å². The van der Waals surface area contributed by atoms with Crippen LogP contribution in [0.3, 0.4) is 0 Å². The van der Waals surface area contributed by atoms with Crippen LogP contribution in [-0.2, 0) is 10.0 Å². The average molecular weight is 501 g/mol. The van der Waals surface area contributed by atoms with Crippen molar-refractivity contribution in [1.82, 2.24) is 20.3 Å². The van der Waals surface area contributed by atoms with Crippen LogP contribution in [0.15, 0.2) is 4.99 Å². The zero-order valence-corrected chi connectivity index (χ0v) is 17.5. The number of alkyl halides is 3. The molecule has 0 spiro atoms. The third-order valence-electron chi connectivity index (χ3n) is 3.44. The van der Waals surface area contributed by atoms with Crippen LogP contribution in [0.5, 0.6) is 0 Å². The molecule has 0 saturated carbocycles. The first-order valence-corrected chi connectivity index (χ1v) is 9.61. The summed E-state index contributed by atoms with van der Waals surface area (Å²) in [4.78, 5) is 5.60. The zero-order valence-electron chi connectivity index (χ0n) is 14.4. The summed E-state index contributed by atoms with van der Waals surface area (Å²) in [6.45, 7) is 4.22. The van der Waals surface area contributed by atoms with E-state index in [1.54, 1.807) is 6.92 Å². The highest BCUT2D eigenvalue weighted by atomic mass is 127. The maximum absolute atomic E-state index is 12.4. The average Bonchev–Trinajstić information content (AvgIpc) is 2.88. The number of sulfonamides is 1. The van der Waals surface area contributed by atoms with E-state index in [1.165, 1.54) is 4.90 Å². The van der Waals surface area contributed by atoms with Gasteiger partial charge in [0.1, 0.15) is 0 Å². The second kappa shape index (κ2) is 11.4. The summed E-state index contributed by atoms with van der Waals surface area (Å²) in [5, 5.41) is 6.10. The fourth-order valence-electron chi connectivity index (χ4n) is 2.33. The summed E-state index contributed by atoms with van der Waals surface area (Å²) in [7, 11) is -3.25. The van der Waals surface area contributed by atoms with E-state index < -0.39 is 22.7 Å². The summed E-state index contributed by atoms with van der Waals surface area (Å²) in [6, 6.07) is -0.113. The van der Waals surface area contributed by atoms with Crippen LogP contribution in [0.1, 0.15) is 20.3 Å². The van der Waals surface area contributed by atoms with Crippen molar-refractivity contribution in [2.75, 3.05) is 45.0 Å². The molecule has 0 aliphatic carbocycles. The Morgan fingerprint density at radius 2 is 2.00 bits per heavy atom. The van der Waals surface area contributed by atoms with Crippen LogP contribution in [-0.4, -0.2) is 76.5 Å². The summed E-state index contributed by atoms with van der Waals surface area (Å²) in [6.07, 6.45) is -3.59. The molecule has 12 heteroatoms. The Morgan fingerprint density at radius 1 is 1.32 bits per heavy atom. The number of aliphatic imine (C=N–C) groups is 1. The van der Waals surface area contributed by atoms with Gasteiger partial charge in [0.15, 0.2) is 5.96 Å². The highest BCUT2D eigenvalue weighted by molar-refractivity contribution is 14.0. The van der Waals surface area contributed by atoms with Crippen LogP contribution < -0.4 is 15.4 Å². The van der Waals surface area contributed by atoms with Gasteiger partial charge in [-0.1, -0.05) is 0 Å². The largest absolute Gasteiger partial charge is 0.401 e. The molecule has 1 rings (SSSR count). The molecule has 0 amide bonds. The Bertz CT molecular complexity index is 516. The number of nitrogens with zero attached hydrogens (tertiary/aromatic N) is 2. The second-order valence-corrected chi connectivity index (χ2v) is 7.63. The van der Waals surface area contributed by atoms with Crippen LogP contribution in [0, 0.1) is 0 Å². The quantitative estimate of drug-likeness (QED) is 0.198. The van der Waals surface area contributed by atoms with Crippen LogP contribution in [0.4, 0.5) is 13.2 Å². The molecular formula is C13H27F3IN5O2S. The normalized spacial score (nSPS) is 19.6. The van der Waals surface area contributed by atoms with Crippen LogP contribution in [0.25, 0.3) is 0 Å². The minimum absolute atomic E-state index is 0. The Kier molecular flexibility index (Phi) is 11.2. The zero-order chi connectivity index (χ0) is 18.2. The van der Waals surface area contributed by atoms with Crippen molar-refractivity contribution in [3.05, 3.63) is 0 Å². The lowest BCUT2D eigenvalue weighted by molar-refractivity contribution is -0.143. The van der Waals surface area contributed by atoms with Crippen LogP contribution >= 0.6 is 24.0 Å². The van der Waals surface area contributed by atoms with E-state index in [0.717, 1.165) is 0 Å². The molecule has 3 N–H and O–H groups in total. The summed E-state index contributed by atoms with van der Waals surface area (Å²) >= 11 is 0. The molecule has 1 heterocycles. The molecule has 1 unspecified atom stereocenters. The van der Waals surface area contributed by atoms with E-state index in [1.807, 2.05) is 6.92 Å². The Labute approximate surface area is 164 Å². The summed E-state index contributed by atoms with van der Waals surface area (Å²) < 4.78 is 62.2. The number of guanidine groups is 1. The van der Waals surface area contributed by atoms with Gasteiger partial charge >= 0.3 is 6.18 Å². The fourth-order valence-corrected chi connectivity index (χ4v) is 2.94. The second-order valence-electron chi connectivity index (χ2n) is 5.54. The summed E-state index contributed by atoms with van der Waals surface area (Å²) in [5.41, 5.74) is 0. The molecular weight excluding hydrogens is 474 g/mol. The molecule has 150 valence electrons. The minimum Gasteiger partial charge on any atom is -0.357 e. The molecule has 1 saturated heterocycles. The standard InChI is InChI=1S/C13H26F3N5O2S.HI/c1-3-17-12(18-6-7-19-24(22,23)4-2)20-11-5-8-21(9-11)10-13(14,15)16;/h11,19H,3-10H2,1-2H3,(H2,17,18,20);1H. The smallest absolute Gasteiger partial charge is 0.357 e. The number of hydrogen-bond donors (Lipinski definition) is 3. The third kappa shape index (κ3) is 11.1. The first-order chi connectivity index (χ1) is 11.1. The van der Waals surface area contributed by atoms with Gasteiger partial charge in [0.2, 0.25) is 10.0 Å². The molecule has 0 aromatic carbocycles. The Morgan fingerprint density at radius 3 is 2.56 bits per heavy atom. The van der Waals surface area contributed by atoms with Crippen molar-refractivity contribution in [2.24, 2.45) is 4.99 Å². The van der Waals surface area contributed by atoms with Crippen molar-refractivity contribution in [1.29, 1.82) is 0 Å². The topological polar surface area (TPSA) is 85.8 Å². The van der Waals surface area contributed by atoms with Crippen molar-refractivity contribution in [2.45, 2.75) is 32.5 Å². The van der Waals surface area contributed by atoms with Gasteiger partial charge in [0.25, 0.3) is 0 Å². The van der Waals surface area contributed by atoms with Crippen molar-refractivity contribution in [3.8, 4) is 0 Å². The number of likely N-dealkylation sites (tertiary alicyclic amines) is 1. The monoisotopic (exact) mass is 501 g/mol. The maximum Gasteiger partial charge on any atom is 0.401 e. The molecule has 25 heavy (non-hydrogen) atoms. The first kappa shape index (κ1) is 24.7. The highest BCUT2D eigenvalue weighted by Crippen LogP contribution is 2.19. The Hall–Kier alpha value is -0.340. The lowest BCUT2D eigenvalue weighted by atomic mass is 10.3. The third-order valence-corrected chi connectivity index (χ3v) is 4.85. The van der Waals surface area contributed by atoms with Crippen molar-refractivity contribution in [3.63, 3.8) is 0 Å². The lowest BCUT2D eigenvalue weighted by Gasteiger charge is -2.19. The maximum atomic E-state index is 12.4. The van der Waals surface area contributed by atoms with Gasteiger partial charge in [-0.25, -0.2) is 13.1 Å². The first-order valence-electron chi connectivity index (χ1n) is 7.96. The molecule has 7 nitrogen and oxygen atoms in total. The molecule has 1 fully saturated rings. The van der Waals surface area contributed by atoms with Crippen molar-refractivity contribution < 1.29 is 21.6 Å². The number of hydrogen-bond acceptors (Lipinski definition) is 4. The fraction of sp³-hybridized carbons (Fsp3) is 0.923. The van der Waals surface area contributed by atoms with E-state index in [9.17, 15) is 21.6 Å². The van der Waals surface area contributed by atoms with Gasteiger partial charge in [-0.2, -0.15) is 13.2 Å². The van der Waals surface area contributed by atoms with Gasteiger partial charge in [-0.15, -0.1) is 24.0 Å². The van der Waals surface area contributed by atoms with Gasteiger partial charge in [0, 0.05) is 32.2 Å². The molecule has 0 aromatic rings. The van der Waals surface area contributed by atoms with E-state index in [0.29, 0.717) is 32.0 Å². The van der Waals surface area contributed by atoms with Crippen LogP contribution in [0.2, 0.25) is 0 Å². The Balaban J connectivity index is 0.00000576. The lowest BCUT2D eigenvalue weighted by Crippen LogP contribution is -2.45. The van der Waals surface area contributed by atoms with Gasteiger partial charge in [-0.05, 0) is 20.3 Å². The molecule has 1 aliphatic heterocycles. The van der Waals surface area contributed by atoms with E-state index in [-0.39, 0.29) is 48.9 Å². The molecule has 1 atom stereocenters. The van der Waals surface area contributed by atoms with E-state index in [4.69, 9.17) is 0 Å². The van der Waals surface area contributed by atoms with E-state index >= 15 is 0 Å². The van der Waals surface area contributed by atoms with Gasteiger partial charge in [-0.3, -0.25) is 9.89 Å². The number of rotatable bonds is 8. The van der Waals surface area contributed by atoms with Gasteiger partial charge in [0.05, 0.1) is 18.8 Å². The minimum atomic E-state index is -4.19. The number of halogens is 4. The van der Waals surface area contributed by atoms with Crippen molar-refractivity contribution >= 4 is 40.0 Å². The SMILES string of the molecule is CCNC(=NCCNS(=O)(=O)CC)NC1CCN(CC(F)(F)F)C1.I. The molecule has 1 aliphatic rings. The predicted octanol–water partition coefficient (Wildman–Crippen LogP) is 0.735. The summed E-state index contributed by atoms with van der Waals surface area (Å²) in [5.74, 6) is 0.485. The van der Waals surface area contributed by atoms with Gasteiger partial charge < -0.3 is 10.6 Å². The molecule has 0 bridgehead atoms. The predicted molar refractivity (Wildman–Crippen MR) is 103 cm³/mol. The molecule has 0 radical (unpaired) electrons. The highest BCUT2D eigenvalue weighted by Gasteiger charge is 2.34. The number of nitrogens with one attached hydrogen (secondary N) is 3. The molecule has 0 aromatic heterocycles.